The van der Waals surface area contributed by atoms with Gasteiger partial charge in [0.1, 0.15) is 17.9 Å². The van der Waals surface area contributed by atoms with Crippen LogP contribution >= 0.6 is 12.6 Å². The molecule has 2 fully saturated rings. The van der Waals surface area contributed by atoms with Gasteiger partial charge in [-0.15, -0.1) is 0 Å². The molecule has 2 N–H and O–H groups in total. The van der Waals surface area contributed by atoms with Crippen LogP contribution in [0.1, 0.15) is 61.6 Å². The number of nitrogen functional groups attached to an aromatic ring is 1. The van der Waals surface area contributed by atoms with E-state index in [2.05, 4.69) is 70.3 Å². The first-order valence-electron chi connectivity index (χ1n) is 12.2. The number of imidazole rings is 1. The second-order valence-corrected chi connectivity index (χ2v) is 20.1. The number of rotatable bonds is 5. The standard InChI is InChI=1S/C22H39N5O4SSi2/c1-12(2)33(13(3)4)28-9-16-18(30-34(31-33,14(5)6)15(7)8)19(32)22(29-16)27-11-26-17-20(23)24-10-25-21(17)27/h10-16,18-19,22,32H,9H2,1-8H3,(H2,23,24,25)/t16-,18+,19?,22-/m1/s1. The lowest BCUT2D eigenvalue weighted by molar-refractivity contribution is -0.0544. The molecule has 0 bridgehead atoms. The highest BCUT2D eigenvalue weighted by molar-refractivity contribution is 7.81. The summed E-state index contributed by atoms with van der Waals surface area (Å²) in [4.78, 5) is 12.9. The third-order valence-electron chi connectivity index (χ3n) is 7.30. The number of hydrogen-bond acceptors (Lipinski definition) is 9. The molecule has 0 amide bonds. The molecular formula is C22H39N5O4SSi2. The summed E-state index contributed by atoms with van der Waals surface area (Å²) in [5, 5.41) is -0.262. The molecule has 2 aliphatic heterocycles. The first kappa shape index (κ1) is 26.0. The fourth-order valence-electron chi connectivity index (χ4n) is 5.42. The maximum Gasteiger partial charge on any atom is 0.335 e. The summed E-state index contributed by atoms with van der Waals surface area (Å²) < 4.78 is 29.7. The summed E-state index contributed by atoms with van der Waals surface area (Å²) in [6.45, 7) is 18.1. The Balaban J connectivity index is 1.77. The molecule has 12 heteroatoms. The van der Waals surface area contributed by atoms with Crippen LogP contribution < -0.4 is 5.73 Å². The van der Waals surface area contributed by atoms with Crippen LogP contribution in [-0.4, -0.2) is 60.7 Å². The Morgan fingerprint density at radius 2 is 1.59 bits per heavy atom. The van der Waals surface area contributed by atoms with Gasteiger partial charge >= 0.3 is 17.1 Å². The average Bonchev–Trinajstić information content (AvgIpc) is 3.29. The second kappa shape index (κ2) is 9.45. The Kier molecular flexibility index (Phi) is 7.24. The van der Waals surface area contributed by atoms with Crippen LogP contribution in [-0.2, 0) is 17.7 Å². The Bertz CT molecular complexity index is 1000. The van der Waals surface area contributed by atoms with Crippen molar-refractivity contribution in [2.75, 3.05) is 12.3 Å². The zero-order valence-corrected chi connectivity index (χ0v) is 24.3. The molecule has 9 nitrogen and oxygen atoms in total. The van der Waals surface area contributed by atoms with Crippen molar-refractivity contribution < 1.29 is 17.7 Å². The number of hydrogen-bond donors (Lipinski definition) is 2. The third-order valence-corrected chi connectivity index (χ3v) is 18.1. The highest BCUT2D eigenvalue weighted by Gasteiger charge is 2.61. The van der Waals surface area contributed by atoms with Crippen molar-refractivity contribution >= 4 is 46.7 Å². The van der Waals surface area contributed by atoms with E-state index < -0.39 is 23.3 Å². The van der Waals surface area contributed by atoms with Gasteiger partial charge in [0.25, 0.3) is 0 Å². The van der Waals surface area contributed by atoms with Crippen LogP contribution in [0.15, 0.2) is 12.7 Å². The maximum absolute atomic E-state index is 7.27. The topological polar surface area (TPSA) is 107 Å². The van der Waals surface area contributed by atoms with Gasteiger partial charge in [-0.05, 0) is 22.2 Å². The molecule has 0 spiro atoms. The fourth-order valence-corrected chi connectivity index (χ4v) is 17.2. The van der Waals surface area contributed by atoms with Gasteiger partial charge in [0.15, 0.2) is 17.7 Å². The summed E-state index contributed by atoms with van der Waals surface area (Å²) in [7, 11) is -5.38. The van der Waals surface area contributed by atoms with E-state index in [4.69, 9.17) is 36.1 Å². The van der Waals surface area contributed by atoms with Crippen molar-refractivity contribution in [2.24, 2.45) is 0 Å². The Hall–Kier alpha value is -1.03. The van der Waals surface area contributed by atoms with Gasteiger partial charge in [-0.3, -0.25) is 4.57 Å². The Morgan fingerprint density at radius 1 is 0.971 bits per heavy atom. The molecular weight excluding hydrogens is 487 g/mol. The summed E-state index contributed by atoms with van der Waals surface area (Å²) in [5.74, 6) is 0.340. The summed E-state index contributed by atoms with van der Waals surface area (Å²) in [6.07, 6.45) is 2.14. The van der Waals surface area contributed by atoms with Crippen LogP contribution in [0.25, 0.3) is 11.2 Å². The van der Waals surface area contributed by atoms with E-state index in [9.17, 15) is 0 Å². The van der Waals surface area contributed by atoms with Crippen LogP contribution in [0.4, 0.5) is 5.82 Å². The van der Waals surface area contributed by atoms with Crippen molar-refractivity contribution in [3.63, 3.8) is 0 Å². The molecule has 0 aliphatic carbocycles. The number of aromatic nitrogens is 4. The molecule has 2 aliphatic rings. The highest BCUT2D eigenvalue weighted by Crippen LogP contribution is 2.49. The normalized spacial score (nSPS) is 29.2. The minimum Gasteiger partial charge on any atom is -0.414 e. The predicted molar refractivity (Wildman–Crippen MR) is 140 cm³/mol. The van der Waals surface area contributed by atoms with Gasteiger partial charge in [-0.1, -0.05) is 55.4 Å². The van der Waals surface area contributed by atoms with Crippen molar-refractivity contribution in [2.45, 2.75) is 101 Å². The molecule has 4 rings (SSSR count). The zero-order valence-electron chi connectivity index (χ0n) is 21.4. The summed E-state index contributed by atoms with van der Waals surface area (Å²) in [5.41, 5.74) is 8.21. The first-order valence-corrected chi connectivity index (χ1v) is 16.7. The molecule has 2 saturated heterocycles. The predicted octanol–water partition coefficient (Wildman–Crippen LogP) is 4.56. The molecule has 190 valence electrons. The van der Waals surface area contributed by atoms with E-state index in [0.29, 0.717) is 23.6 Å². The molecule has 0 saturated carbocycles. The number of nitrogens with zero attached hydrogens (tertiary/aromatic N) is 4. The van der Waals surface area contributed by atoms with Crippen molar-refractivity contribution in [1.29, 1.82) is 0 Å². The van der Waals surface area contributed by atoms with Crippen molar-refractivity contribution in [1.82, 2.24) is 19.5 Å². The molecule has 1 unspecified atom stereocenters. The van der Waals surface area contributed by atoms with E-state index in [-0.39, 0.29) is 39.6 Å². The first-order chi connectivity index (χ1) is 15.9. The molecule has 2 aromatic rings. The Labute approximate surface area is 210 Å². The average molecular weight is 526 g/mol. The van der Waals surface area contributed by atoms with Crippen molar-refractivity contribution in [3.8, 4) is 0 Å². The highest BCUT2D eigenvalue weighted by atomic mass is 32.1. The molecule has 0 radical (unpaired) electrons. The van der Waals surface area contributed by atoms with Gasteiger partial charge in [-0.25, -0.2) is 15.0 Å². The van der Waals surface area contributed by atoms with Crippen LogP contribution in [0.5, 0.6) is 0 Å². The summed E-state index contributed by atoms with van der Waals surface area (Å²) in [6, 6.07) is 0. The van der Waals surface area contributed by atoms with Gasteiger partial charge in [0.2, 0.25) is 0 Å². The molecule has 34 heavy (non-hydrogen) atoms. The minimum atomic E-state index is -2.75. The van der Waals surface area contributed by atoms with Gasteiger partial charge in [-0.2, -0.15) is 12.6 Å². The number of fused-ring (bicyclic) bond motifs is 2. The maximum atomic E-state index is 7.27. The summed E-state index contributed by atoms with van der Waals surface area (Å²) >= 11 is 5.02. The largest absolute Gasteiger partial charge is 0.414 e. The number of anilines is 1. The zero-order chi connectivity index (χ0) is 25.0. The molecule has 4 heterocycles. The third kappa shape index (κ3) is 4.04. The number of nitrogens with two attached hydrogens (primary N) is 1. The van der Waals surface area contributed by atoms with Crippen LogP contribution in [0.3, 0.4) is 0 Å². The fraction of sp³-hybridized carbons (Fsp3) is 0.773. The van der Waals surface area contributed by atoms with E-state index in [1.807, 2.05) is 4.57 Å². The van der Waals surface area contributed by atoms with E-state index in [1.165, 1.54) is 6.33 Å². The van der Waals surface area contributed by atoms with E-state index >= 15 is 0 Å². The lowest BCUT2D eigenvalue weighted by atomic mass is 10.2. The lowest BCUT2D eigenvalue weighted by Gasteiger charge is -2.51. The van der Waals surface area contributed by atoms with Crippen molar-refractivity contribution in [3.05, 3.63) is 12.7 Å². The number of thiol groups is 1. The second-order valence-electron chi connectivity index (χ2n) is 10.7. The molecule has 2 aromatic heterocycles. The monoisotopic (exact) mass is 525 g/mol. The van der Waals surface area contributed by atoms with E-state index in [0.717, 1.165) is 0 Å². The van der Waals surface area contributed by atoms with Gasteiger partial charge < -0.3 is 23.4 Å². The quantitative estimate of drug-likeness (QED) is 0.432. The lowest BCUT2D eigenvalue weighted by Crippen LogP contribution is -2.65. The molecule has 0 aromatic carbocycles. The molecule has 4 atom stereocenters. The number of ether oxygens (including phenoxy) is 1. The SMILES string of the molecule is CC(C)[Si]1(C(C)C)OC[C@H]2O[C@@H](n3cnc4c(N)ncnc43)C(S)[C@H]2O[Si](C(C)C)(C(C)C)O1. The van der Waals surface area contributed by atoms with E-state index in [1.54, 1.807) is 6.33 Å². The Morgan fingerprint density at radius 3 is 2.18 bits per heavy atom. The minimum absolute atomic E-state index is 0.237. The van der Waals surface area contributed by atoms with Gasteiger partial charge in [0.05, 0.1) is 24.3 Å². The van der Waals surface area contributed by atoms with Crippen LogP contribution in [0.2, 0.25) is 22.2 Å². The van der Waals surface area contributed by atoms with Crippen LogP contribution in [0, 0.1) is 0 Å². The van der Waals surface area contributed by atoms with Gasteiger partial charge in [0, 0.05) is 0 Å². The smallest absolute Gasteiger partial charge is 0.335 e.